The van der Waals surface area contributed by atoms with E-state index in [4.69, 9.17) is 0 Å². The van der Waals surface area contributed by atoms with Crippen molar-refractivity contribution in [1.29, 1.82) is 0 Å². The third-order valence-corrected chi connectivity index (χ3v) is 3.83. The summed E-state index contributed by atoms with van der Waals surface area (Å²) in [6.45, 7) is 4.76. The van der Waals surface area contributed by atoms with Crippen LogP contribution in [0, 0.1) is 0 Å². The first-order valence-electron chi connectivity index (χ1n) is 7.43. The fourth-order valence-corrected chi connectivity index (χ4v) is 2.46. The molecule has 0 atom stereocenters. The molecule has 0 spiro atoms. The molecule has 23 heavy (non-hydrogen) atoms. The molecular weight excluding hydrogens is 290 g/mol. The Morgan fingerprint density at radius 3 is 2.74 bits per heavy atom. The molecule has 0 aliphatic carbocycles. The molecule has 3 aromatic rings. The maximum atomic E-state index is 10.5. The van der Waals surface area contributed by atoms with Crippen molar-refractivity contribution in [3.63, 3.8) is 0 Å². The zero-order chi connectivity index (χ0) is 16.3. The van der Waals surface area contributed by atoms with Crippen molar-refractivity contribution in [2.75, 3.05) is 11.9 Å². The van der Waals surface area contributed by atoms with Gasteiger partial charge in [-0.3, -0.25) is 9.78 Å². The quantitative estimate of drug-likeness (QED) is 0.611. The van der Waals surface area contributed by atoms with Gasteiger partial charge in [0, 0.05) is 30.0 Å². The third-order valence-electron chi connectivity index (χ3n) is 3.83. The number of aromatic nitrogens is 3. The van der Waals surface area contributed by atoms with E-state index in [-0.39, 0.29) is 5.41 Å². The molecule has 118 valence electrons. The average Bonchev–Trinajstić information content (AvgIpc) is 2.95. The van der Waals surface area contributed by atoms with E-state index in [1.54, 1.807) is 12.4 Å². The Balaban J connectivity index is 1.87. The van der Waals surface area contributed by atoms with Crippen LogP contribution in [-0.4, -0.2) is 27.9 Å². The molecule has 3 N–H and O–H groups in total. The maximum absolute atomic E-state index is 10.5. The lowest BCUT2D eigenvalue weighted by atomic mass is 9.84. The van der Waals surface area contributed by atoms with Crippen LogP contribution in [0.4, 0.5) is 11.6 Å². The molecule has 3 rings (SSSR count). The predicted molar refractivity (Wildman–Crippen MR) is 90.7 cm³/mol. The van der Waals surface area contributed by atoms with Crippen LogP contribution in [0.5, 0.6) is 0 Å². The molecule has 2 aromatic heterocycles. The van der Waals surface area contributed by atoms with Crippen molar-refractivity contribution >= 4 is 29.1 Å². The summed E-state index contributed by atoms with van der Waals surface area (Å²) < 4.78 is 0. The maximum Gasteiger partial charge on any atom is 0.207 e. The standard InChI is InChI=1S/C17H19N5O/c1-17(2,10-19-11-23)12-3-4-14-15(9-12)22-16(21-14)20-13-5-7-18-8-6-13/h3-9,11H,10H2,1-2H3,(H,19,23)(H2,18,20,21,22). The summed E-state index contributed by atoms with van der Waals surface area (Å²) in [6, 6.07) is 9.89. The Labute approximate surface area is 134 Å². The number of aromatic amines is 1. The average molecular weight is 309 g/mol. The Morgan fingerprint density at radius 1 is 1.22 bits per heavy atom. The third kappa shape index (κ3) is 3.31. The van der Waals surface area contributed by atoms with E-state index in [9.17, 15) is 4.79 Å². The van der Waals surface area contributed by atoms with E-state index in [0.29, 0.717) is 12.5 Å². The first kappa shape index (κ1) is 15.0. The molecule has 0 unspecified atom stereocenters. The van der Waals surface area contributed by atoms with Gasteiger partial charge in [0.05, 0.1) is 11.0 Å². The lowest BCUT2D eigenvalue weighted by molar-refractivity contribution is -0.109. The molecule has 0 saturated heterocycles. The normalized spacial score (nSPS) is 11.4. The largest absolute Gasteiger partial charge is 0.358 e. The van der Waals surface area contributed by atoms with Crippen molar-refractivity contribution in [1.82, 2.24) is 20.3 Å². The van der Waals surface area contributed by atoms with E-state index in [1.807, 2.05) is 18.2 Å². The Kier molecular flexibility index (Phi) is 3.97. The summed E-state index contributed by atoms with van der Waals surface area (Å²) in [6.07, 6.45) is 4.18. The molecule has 0 bridgehead atoms. The fourth-order valence-electron chi connectivity index (χ4n) is 2.46. The summed E-state index contributed by atoms with van der Waals surface area (Å²) in [5.41, 5.74) is 3.74. The molecular formula is C17H19N5O. The number of imidazole rings is 1. The van der Waals surface area contributed by atoms with Crippen LogP contribution < -0.4 is 10.6 Å². The second-order valence-corrected chi connectivity index (χ2v) is 6.06. The second kappa shape index (κ2) is 6.08. The summed E-state index contributed by atoms with van der Waals surface area (Å²) in [7, 11) is 0. The summed E-state index contributed by atoms with van der Waals surface area (Å²) >= 11 is 0. The lowest BCUT2D eigenvalue weighted by Crippen LogP contribution is -2.32. The van der Waals surface area contributed by atoms with Gasteiger partial charge in [0.25, 0.3) is 0 Å². The van der Waals surface area contributed by atoms with Crippen molar-refractivity contribution in [3.05, 3.63) is 48.3 Å². The zero-order valence-corrected chi connectivity index (χ0v) is 13.1. The molecule has 0 fully saturated rings. The predicted octanol–water partition coefficient (Wildman–Crippen LogP) is 2.73. The van der Waals surface area contributed by atoms with Gasteiger partial charge >= 0.3 is 0 Å². The smallest absolute Gasteiger partial charge is 0.207 e. The number of fused-ring (bicyclic) bond motifs is 1. The molecule has 1 amide bonds. The number of anilines is 2. The summed E-state index contributed by atoms with van der Waals surface area (Å²) in [5.74, 6) is 0.687. The molecule has 0 aliphatic heterocycles. The molecule has 2 heterocycles. The monoisotopic (exact) mass is 309 g/mol. The Bertz CT molecular complexity index is 810. The summed E-state index contributed by atoms with van der Waals surface area (Å²) in [5, 5.41) is 5.97. The first-order valence-corrected chi connectivity index (χ1v) is 7.43. The van der Waals surface area contributed by atoms with Gasteiger partial charge in [0.15, 0.2) is 0 Å². The molecule has 6 heteroatoms. The van der Waals surface area contributed by atoms with Gasteiger partial charge < -0.3 is 15.6 Å². The number of carbonyl (C=O) groups is 1. The number of amides is 1. The molecule has 1 aromatic carbocycles. The van der Waals surface area contributed by atoms with E-state index in [0.717, 1.165) is 28.7 Å². The van der Waals surface area contributed by atoms with Gasteiger partial charge in [-0.2, -0.15) is 0 Å². The number of pyridine rings is 1. The van der Waals surface area contributed by atoms with Crippen LogP contribution in [0.15, 0.2) is 42.7 Å². The highest BCUT2D eigenvalue weighted by Crippen LogP contribution is 2.26. The number of hydrogen-bond donors (Lipinski definition) is 3. The highest BCUT2D eigenvalue weighted by molar-refractivity contribution is 5.79. The number of H-pyrrole nitrogens is 1. The Hall–Kier alpha value is -2.89. The number of benzene rings is 1. The van der Waals surface area contributed by atoms with Crippen LogP contribution >= 0.6 is 0 Å². The number of nitrogens with one attached hydrogen (secondary N) is 3. The van der Waals surface area contributed by atoms with E-state index in [2.05, 4.69) is 51.6 Å². The highest BCUT2D eigenvalue weighted by Gasteiger charge is 2.21. The lowest BCUT2D eigenvalue weighted by Gasteiger charge is -2.24. The number of carbonyl (C=O) groups excluding carboxylic acids is 1. The number of rotatable bonds is 6. The van der Waals surface area contributed by atoms with Gasteiger partial charge in [-0.05, 0) is 29.8 Å². The van der Waals surface area contributed by atoms with Gasteiger partial charge in [-0.15, -0.1) is 0 Å². The molecule has 6 nitrogen and oxygen atoms in total. The van der Waals surface area contributed by atoms with Crippen LogP contribution in [0.25, 0.3) is 11.0 Å². The van der Waals surface area contributed by atoms with Gasteiger partial charge in [-0.25, -0.2) is 4.98 Å². The van der Waals surface area contributed by atoms with Crippen LogP contribution in [-0.2, 0) is 10.2 Å². The molecule has 0 aliphatic rings. The fraction of sp³-hybridized carbons (Fsp3) is 0.235. The minimum Gasteiger partial charge on any atom is -0.358 e. The minimum absolute atomic E-state index is 0.160. The van der Waals surface area contributed by atoms with Crippen LogP contribution in [0.3, 0.4) is 0 Å². The SMILES string of the molecule is CC(C)(CNC=O)c1ccc2[nH]c(Nc3ccncc3)nc2c1. The second-order valence-electron chi connectivity index (χ2n) is 6.06. The van der Waals surface area contributed by atoms with Gasteiger partial charge in [0.1, 0.15) is 0 Å². The summed E-state index contributed by atoms with van der Waals surface area (Å²) in [4.78, 5) is 22.4. The van der Waals surface area contributed by atoms with Crippen LogP contribution in [0.1, 0.15) is 19.4 Å². The first-order chi connectivity index (χ1) is 11.1. The van der Waals surface area contributed by atoms with Gasteiger partial charge in [0.2, 0.25) is 12.4 Å². The molecule has 0 saturated carbocycles. The van der Waals surface area contributed by atoms with E-state index < -0.39 is 0 Å². The van der Waals surface area contributed by atoms with Gasteiger partial charge in [-0.1, -0.05) is 19.9 Å². The minimum atomic E-state index is -0.160. The van der Waals surface area contributed by atoms with Crippen molar-refractivity contribution in [2.24, 2.45) is 0 Å². The zero-order valence-electron chi connectivity index (χ0n) is 13.1. The number of hydrogen-bond acceptors (Lipinski definition) is 4. The number of nitrogens with zero attached hydrogens (tertiary/aromatic N) is 2. The van der Waals surface area contributed by atoms with Crippen molar-refractivity contribution < 1.29 is 4.79 Å². The Morgan fingerprint density at radius 2 is 2.00 bits per heavy atom. The van der Waals surface area contributed by atoms with E-state index in [1.165, 1.54) is 0 Å². The topological polar surface area (TPSA) is 82.7 Å². The van der Waals surface area contributed by atoms with Crippen LogP contribution in [0.2, 0.25) is 0 Å². The van der Waals surface area contributed by atoms with Crippen molar-refractivity contribution in [3.8, 4) is 0 Å². The molecule has 0 radical (unpaired) electrons. The highest BCUT2D eigenvalue weighted by atomic mass is 16.1. The van der Waals surface area contributed by atoms with E-state index >= 15 is 0 Å². The van der Waals surface area contributed by atoms with Crippen molar-refractivity contribution in [2.45, 2.75) is 19.3 Å².